The van der Waals surface area contributed by atoms with Gasteiger partial charge >= 0.3 is 0 Å². The van der Waals surface area contributed by atoms with Gasteiger partial charge in [-0.15, -0.1) is 0 Å². The van der Waals surface area contributed by atoms with Crippen molar-refractivity contribution in [2.45, 2.75) is 18.4 Å². The molecule has 0 amide bonds. The third kappa shape index (κ3) is 2.04. The second-order valence-corrected chi connectivity index (χ2v) is 3.78. The van der Waals surface area contributed by atoms with E-state index >= 15 is 0 Å². The van der Waals surface area contributed by atoms with Crippen LogP contribution in [0.3, 0.4) is 0 Å². The van der Waals surface area contributed by atoms with Gasteiger partial charge in [-0.1, -0.05) is 0 Å². The molecular weight excluding hydrogens is 158 g/mol. The lowest BCUT2D eigenvalue weighted by atomic mass is 10.2. The largest absolute Gasteiger partial charge is 0.376 e. The van der Waals surface area contributed by atoms with Crippen LogP contribution in [0.4, 0.5) is 0 Å². The number of hydrogen-bond acceptors (Lipinski definition) is 2. The fourth-order valence-corrected chi connectivity index (χ4v) is 1.25. The maximum absolute atomic E-state index is 5.33. The van der Waals surface area contributed by atoms with Crippen LogP contribution < -0.4 is 11.1 Å². The first-order valence-corrected chi connectivity index (χ1v) is 4.18. The van der Waals surface area contributed by atoms with Crippen molar-refractivity contribution in [3.05, 3.63) is 0 Å². The number of likely N-dealkylation sites (N-methyl/N-ethyl adjacent to an activating group) is 1. The van der Waals surface area contributed by atoms with Crippen molar-refractivity contribution in [1.82, 2.24) is 10.2 Å². The summed E-state index contributed by atoms with van der Waals surface area (Å²) in [6.07, 6.45) is 2.49. The van der Waals surface area contributed by atoms with Gasteiger partial charge in [-0.05, 0) is 39.2 Å². The van der Waals surface area contributed by atoms with E-state index in [1.54, 1.807) is 0 Å². The molecule has 3 nitrogen and oxygen atoms in total. The van der Waals surface area contributed by atoms with Gasteiger partial charge in [0.05, 0.1) is 0 Å². The van der Waals surface area contributed by atoms with Crippen LogP contribution in [0, 0.1) is 0 Å². The van der Waals surface area contributed by atoms with Crippen LogP contribution in [0.25, 0.3) is 0 Å². The van der Waals surface area contributed by atoms with Gasteiger partial charge in [-0.25, -0.2) is 0 Å². The predicted molar refractivity (Wildman–Crippen MR) is 50.4 cm³/mol. The summed E-state index contributed by atoms with van der Waals surface area (Å²) in [4.78, 5) is 2.23. The molecule has 0 atom stereocenters. The second kappa shape index (κ2) is 2.95. The highest BCUT2D eigenvalue weighted by atomic mass is 32.1. The first kappa shape index (κ1) is 8.74. The fraction of sp³-hybridized carbons (Fsp3) is 0.857. The standard InChI is InChI=1S/C7H15N3S/c1-10(2)7(3-4-7)5-9-6(8)11/h3-5H2,1-2H3,(H3,8,9,11). The molecule has 0 aliphatic heterocycles. The van der Waals surface area contributed by atoms with E-state index < -0.39 is 0 Å². The molecule has 64 valence electrons. The molecule has 0 aromatic carbocycles. The van der Waals surface area contributed by atoms with Crippen molar-refractivity contribution in [2.75, 3.05) is 20.6 Å². The van der Waals surface area contributed by atoms with Crippen molar-refractivity contribution in [1.29, 1.82) is 0 Å². The third-order valence-electron chi connectivity index (χ3n) is 2.37. The summed E-state index contributed by atoms with van der Waals surface area (Å²) < 4.78 is 0. The molecule has 1 rings (SSSR count). The Morgan fingerprint density at radius 2 is 2.18 bits per heavy atom. The normalized spacial score (nSPS) is 19.9. The highest BCUT2D eigenvalue weighted by Crippen LogP contribution is 2.39. The van der Waals surface area contributed by atoms with Gasteiger partial charge in [0, 0.05) is 12.1 Å². The lowest BCUT2D eigenvalue weighted by Gasteiger charge is -2.23. The topological polar surface area (TPSA) is 41.3 Å². The minimum Gasteiger partial charge on any atom is -0.376 e. The van der Waals surface area contributed by atoms with Crippen LogP contribution in [0.15, 0.2) is 0 Å². The van der Waals surface area contributed by atoms with Crippen LogP contribution in [-0.2, 0) is 0 Å². The van der Waals surface area contributed by atoms with Crippen LogP contribution in [0.1, 0.15) is 12.8 Å². The van der Waals surface area contributed by atoms with Crippen molar-refractivity contribution in [2.24, 2.45) is 5.73 Å². The van der Waals surface area contributed by atoms with Crippen molar-refractivity contribution >= 4 is 17.3 Å². The Labute approximate surface area is 72.9 Å². The van der Waals surface area contributed by atoms with E-state index in [1.807, 2.05) is 0 Å². The zero-order valence-corrected chi connectivity index (χ0v) is 7.87. The van der Waals surface area contributed by atoms with Crippen molar-refractivity contribution in [3.63, 3.8) is 0 Å². The van der Waals surface area contributed by atoms with Crippen LogP contribution in [0.2, 0.25) is 0 Å². The molecule has 0 heterocycles. The molecule has 0 unspecified atom stereocenters. The van der Waals surface area contributed by atoms with E-state index in [0.717, 1.165) is 6.54 Å². The van der Waals surface area contributed by atoms with Crippen LogP contribution in [0.5, 0.6) is 0 Å². The number of rotatable bonds is 3. The van der Waals surface area contributed by atoms with E-state index in [9.17, 15) is 0 Å². The summed E-state index contributed by atoms with van der Waals surface area (Å²) in [6, 6.07) is 0. The van der Waals surface area contributed by atoms with Crippen molar-refractivity contribution in [3.8, 4) is 0 Å². The summed E-state index contributed by atoms with van der Waals surface area (Å²) in [5.74, 6) is 0. The highest BCUT2D eigenvalue weighted by molar-refractivity contribution is 7.80. The van der Waals surface area contributed by atoms with Gasteiger partial charge in [0.1, 0.15) is 0 Å². The summed E-state index contributed by atoms with van der Waals surface area (Å²) in [7, 11) is 4.18. The predicted octanol–water partition coefficient (Wildman–Crippen LogP) is -0.0862. The second-order valence-electron chi connectivity index (χ2n) is 3.34. The molecule has 0 aromatic heterocycles. The SMILES string of the molecule is CN(C)C1(CNC(N)=S)CC1. The Hall–Kier alpha value is -0.350. The molecule has 1 aliphatic rings. The summed E-state index contributed by atoms with van der Waals surface area (Å²) in [6.45, 7) is 0.884. The maximum Gasteiger partial charge on any atom is 0.163 e. The Kier molecular flexibility index (Phi) is 2.34. The Morgan fingerprint density at radius 1 is 1.64 bits per heavy atom. The van der Waals surface area contributed by atoms with Gasteiger partial charge in [0.25, 0.3) is 0 Å². The Balaban J connectivity index is 2.30. The number of nitrogens with two attached hydrogens (primary N) is 1. The zero-order valence-electron chi connectivity index (χ0n) is 7.05. The monoisotopic (exact) mass is 173 g/mol. The van der Waals surface area contributed by atoms with Crippen molar-refractivity contribution < 1.29 is 0 Å². The summed E-state index contributed by atoms with van der Waals surface area (Å²) in [5.41, 5.74) is 5.67. The molecule has 0 radical (unpaired) electrons. The molecule has 1 saturated carbocycles. The molecule has 3 N–H and O–H groups in total. The average molecular weight is 173 g/mol. The lowest BCUT2D eigenvalue weighted by molar-refractivity contribution is 0.271. The van der Waals surface area contributed by atoms with Gasteiger partial charge in [-0.3, -0.25) is 0 Å². The first-order chi connectivity index (χ1) is 5.07. The zero-order chi connectivity index (χ0) is 8.48. The van der Waals surface area contributed by atoms with Crippen LogP contribution >= 0.6 is 12.2 Å². The highest BCUT2D eigenvalue weighted by Gasteiger charge is 2.44. The average Bonchev–Trinajstić information content (AvgIpc) is 2.63. The third-order valence-corrected chi connectivity index (χ3v) is 2.51. The minimum atomic E-state index is 0.337. The van der Waals surface area contributed by atoms with Gasteiger partial charge in [-0.2, -0.15) is 0 Å². The van der Waals surface area contributed by atoms with Crippen LogP contribution in [-0.4, -0.2) is 36.2 Å². The number of nitrogens with zero attached hydrogens (tertiary/aromatic N) is 1. The summed E-state index contributed by atoms with van der Waals surface area (Å²) in [5, 5.41) is 3.40. The van der Waals surface area contributed by atoms with E-state index in [1.165, 1.54) is 12.8 Å². The number of hydrogen-bond donors (Lipinski definition) is 2. The number of nitrogens with one attached hydrogen (secondary N) is 1. The molecule has 1 fully saturated rings. The maximum atomic E-state index is 5.33. The van der Waals surface area contributed by atoms with Gasteiger partial charge < -0.3 is 16.0 Å². The summed E-state index contributed by atoms with van der Waals surface area (Å²) >= 11 is 4.73. The molecule has 0 aromatic rings. The molecule has 0 bridgehead atoms. The minimum absolute atomic E-state index is 0.337. The molecule has 1 aliphatic carbocycles. The van der Waals surface area contributed by atoms with E-state index in [0.29, 0.717) is 10.7 Å². The number of thiocarbonyl (C=S) groups is 1. The Bertz CT molecular complexity index is 163. The fourth-order valence-electron chi connectivity index (χ4n) is 1.18. The lowest BCUT2D eigenvalue weighted by Crippen LogP contribution is -2.43. The quantitative estimate of drug-likeness (QED) is 0.585. The first-order valence-electron chi connectivity index (χ1n) is 3.78. The molecule has 11 heavy (non-hydrogen) atoms. The Morgan fingerprint density at radius 3 is 2.45 bits per heavy atom. The smallest absolute Gasteiger partial charge is 0.163 e. The van der Waals surface area contributed by atoms with E-state index in [2.05, 4.69) is 24.3 Å². The van der Waals surface area contributed by atoms with Gasteiger partial charge in [0.15, 0.2) is 5.11 Å². The molecular formula is C7H15N3S. The van der Waals surface area contributed by atoms with E-state index in [4.69, 9.17) is 18.0 Å². The van der Waals surface area contributed by atoms with E-state index in [-0.39, 0.29) is 0 Å². The molecule has 4 heteroatoms. The van der Waals surface area contributed by atoms with Gasteiger partial charge in [0.2, 0.25) is 0 Å². The molecule has 0 saturated heterocycles. The molecule has 0 spiro atoms.